The molecule has 0 unspecified atom stereocenters. The number of allylic oxidation sites excluding steroid dienone is 4. The molecule has 0 aromatic heterocycles. The van der Waals surface area contributed by atoms with E-state index in [1.54, 1.807) is 19.1 Å². The predicted molar refractivity (Wildman–Crippen MR) is 181 cm³/mol. The molecule has 0 N–H and O–H groups in total. The molecule has 50 heavy (non-hydrogen) atoms. The van der Waals surface area contributed by atoms with E-state index in [1.165, 1.54) is 6.07 Å². The smallest absolute Gasteiger partial charge is 0.416 e. The van der Waals surface area contributed by atoms with Gasteiger partial charge in [0.25, 0.3) is 0 Å². The highest BCUT2D eigenvalue weighted by atomic mass is 19.4. The lowest BCUT2D eigenvalue weighted by Gasteiger charge is -2.49. The van der Waals surface area contributed by atoms with Crippen LogP contribution < -0.4 is 9.47 Å². The third-order valence-electron chi connectivity index (χ3n) is 9.51. The normalized spacial score (nSPS) is 18.9. The van der Waals surface area contributed by atoms with Gasteiger partial charge in [0.05, 0.1) is 17.1 Å². The second kappa shape index (κ2) is 12.8. The van der Waals surface area contributed by atoms with Crippen molar-refractivity contribution < 1.29 is 37.2 Å². The van der Waals surface area contributed by atoms with Crippen molar-refractivity contribution >= 4 is 17.3 Å². The molecule has 3 aromatic rings. The molecule has 0 radical (unpaired) electrons. The van der Waals surface area contributed by atoms with E-state index < -0.39 is 34.0 Å². The number of ketones is 2. The molecule has 6 rings (SSSR count). The van der Waals surface area contributed by atoms with E-state index in [4.69, 9.17) is 9.47 Å². The Morgan fingerprint density at radius 3 is 1.94 bits per heavy atom. The lowest BCUT2D eigenvalue weighted by Crippen LogP contribution is -2.44. The van der Waals surface area contributed by atoms with Gasteiger partial charge < -0.3 is 14.4 Å². The second-order valence-electron chi connectivity index (χ2n) is 14.8. The van der Waals surface area contributed by atoms with Crippen LogP contribution in [-0.4, -0.2) is 28.0 Å². The van der Waals surface area contributed by atoms with Gasteiger partial charge in [-0.05, 0) is 66.0 Å². The quantitative estimate of drug-likeness (QED) is 0.172. The molecular weight excluding hydrogens is 649 g/mol. The lowest BCUT2D eigenvalue weighted by molar-refractivity contribution is -0.385. The van der Waals surface area contributed by atoms with Crippen LogP contribution in [0.15, 0.2) is 89.3 Å². The van der Waals surface area contributed by atoms with Gasteiger partial charge in [-0.15, -0.1) is 0 Å². The molecule has 3 aliphatic rings. The lowest BCUT2D eigenvalue weighted by atomic mass is 9.63. The van der Waals surface area contributed by atoms with Gasteiger partial charge in [-0.1, -0.05) is 64.1 Å². The molecule has 2 aliphatic carbocycles. The number of hydrogen-bond acceptors (Lipinski definition) is 7. The first kappa shape index (κ1) is 34.9. The van der Waals surface area contributed by atoms with Gasteiger partial charge >= 0.3 is 11.9 Å². The fourth-order valence-corrected chi connectivity index (χ4v) is 7.44. The number of nitro benzene ring substituents is 1. The van der Waals surface area contributed by atoms with Gasteiger partial charge in [0.15, 0.2) is 23.1 Å². The zero-order valence-electron chi connectivity index (χ0n) is 28.6. The Morgan fingerprint density at radius 2 is 1.40 bits per heavy atom. The third kappa shape index (κ3) is 6.78. The summed E-state index contributed by atoms with van der Waals surface area (Å²) in [7, 11) is 0. The number of benzene rings is 3. The minimum Gasteiger partial charge on any atom is -0.490 e. The number of alkyl halides is 3. The highest BCUT2D eigenvalue weighted by Crippen LogP contribution is 2.55. The maximum absolute atomic E-state index is 14.2. The molecule has 11 heteroatoms. The molecule has 262 valence electrons. The van der Waals surface area contributed by atoms with E-state index in [9.17, 15) is 32.9 Å². The molecule has 0 amide bonds. The molecule has 0 atom stereocenters. The van der Waals surface area contributed by atoms with Crippen LogP contribution in [0.25, 0.3) is 0 Å². The summed E-state index contributed by atoms with van der Waals surface area (Å²) in [6.07, 6.45) is -2.92. The summed E-state index contributed by atoms with van der Waals surface area (Å²) in [6, 6.07) is 16.9. The van der Waals surface area contributed by atoms with Crippen LogP contribution >= 0.6 is 0 Å². The largest absolute Gasteiger partial charge is 0.490 e. The highest BCUT2D eigenvalue weighted by Gasteiger charge is 2.49. The molecule has 0 saturated heterocycles. The Kier molecular flexibility index (Phi) is 8.90. The second-order valence-corrected chi connectivity index (χ2v) is 14.8. The Labute approximate surface area is 288 Å². The number of nitro groups is 1. The van der Waals surface area contributed by atoms with Crippen LogP contribution in [0.5, 0.6) is 17.2 Å². The zero-order chi connectivity index (χ0) is 36.2. The summed E-state index contributed by atoms with van der Waals surface area (Å²) in [5.74, 6) is -0.953. The summed E-state index contributed by atoms with van der Waals surface area (Å²) in [4.78, 5) is 41.5. The maximum Gasteiger partial charge on any atom is 0.416 e. The monoisotopic (exact) mass is 688 g/mol. The fourth-order valence-electron chi connectivity index (χ4n) is 7.44. The van der Waals surface area contributed by atoms with E-state index in [-0.39, 0.29) is 40.5 Å². The third-order valence-corrected chi connectivity index (χ3v) is 9.51. The Bertz CT molecular complexity index is 1890. The highest BCUT2D eigenvalue weighted by molar-refractivity contribution is 6.06. The van der Waals surface area contributed by atoms with Gasteiger partial charge in [-0.25, -0.2) is 0 Å². The molecule has 0 fully saturated rings. The molecule has 3 aromatic carbocycles. The van der Waals surface area contributed by atoms with Crippen molar-refractivity contribution in [3.8, 4) is 17.2 Å². The van der Waals surface area contributed by atoms with Gasteiger partial charge in [0, 0.05) is 53.9 Å². The van der Waals surface area contributed by atoms with Crippen molar-refractivity contribution in [2.75, 3.05) is 6.61 Å². The van der Waals surface area contributed by atoms with E-state index in [0.29, 0.717) is 61.1 Å². The first-order valence-corrected chi connectivity index (χ1v) is 16.6. The zero-order valence-corrected chi connectivity index (χ0v) is 28.6. The van der Waals surface area contributed by atoms with E-state index in [0.717, 1.165) is 23.0 Å². The van der Waals surface area contributed by atoms with E-state index in [2.05, 4.69) is 32.6 Å². The first-order valence-electron chi connectivity index (χ1n) is 16.6. The predicted octanol–water partition coefficient (Wildman–Crippen LogP) is 9.69. The Balaban J connectivity index is 1.51. The van der Waals surface area contributed by atoms with Crippen molar-refractivity contribution in [3.63, 3.8) is 0 Å². The maximum atomic E-state index is 14.2. The van der Waals surface area contributed by atoms with Crippen molar-refractivity contribution in [2.45, 2.75) is 78.9 Å². The number of carbonyl (C=O) groups excluding carboxylic acids is 2. The number of carbonyl (C=O) groups is 2. The van der Waals surface area contributed by atoms with E-state index >= 15 is 0 Å². The fraction of sp³-hybridized carbons (Fsp3) is 0.385. The summed E-state index contributed by atoms with van der Waals surface area (Å²) < 4.78 is 51.8. The van der Waals surface area contributed by atoms with Crippen molar-refractivity contribution in [2.24, 2.45) is 10.8 Å². The summed E-state index contributed by atoms with van der Waals surface area (Å²) in [6.45, 7) is 10.7. The topological polar surface area (TPSA) is 99.0 Å². The number of Topliss-reactive ketones (excluding diaryl/α,β-unsaturated/α-hetero) is 2. The first-order chi connectivity index (χ1) is 23.5. The summed E-state index contributed by atoms with van der Waals surface area (Å²) in [5.41, 5.74) is 1.93. The van der Waals surface area contributed by atoms with Gasteiger partial charge in [-0.2, -0.15) is 13.2 Å². The summed E-state index contributed by atoms with van der Waals surface area (Å²) in [5, 5.41) is 11.8. The molecule has 0 bridgehead atoms. The molecular formula is C39H39F3N2O6. The average Bonchev–Trinajstić information content (AvgIpc) is 3.01. The molecule has 8 nitrogen and oxygen atoms in total. The number of halogens is 3. The van der Waals surface area contributed by atoms with E-state index in [1.807, 2.05) is 30.3 Å². The van der Waals surface area contributed by atoms with Crippen molar-refractivity contribution in [1.82, 2.24) is 4.90 Å². The molecule has 0 saturated carbocycles. The van der Waals surface area contributed by atoms with Gasteiger partial charge in [0.1, 0.15) is 0 Å². The van der Waals surface area contributed by atoms with Gasteiger partial charge in [-0.3, -0.25) is 19.7 Å². The Hall–Kier alpha value is -4.93. The molecule has 1 aliphatic heterocycles. The van der Waals surface area contributed by atoms with Crippen molar-refractivity contribution in [1.29, 1.82) is 0 Å². The summed E-state index contributed by atoms with van der Waals surface area (Å²) >= 11 is 0. The average molecular weight is 689 g/mol. The van der Waals surface area contributed by atoms with Crippen LogP contribution in [0.3, 0.4) is 0 Å². The minimum atomic E-state index is -4.78. The van der Waals surface area contributed by atoms with Crippen LogP contribution in [0.2, 0.25) is 0 Å². The standard InChI is InChI=1S/C39H39F3N2O6/c1-6-49-33-16-24(12-14-32(33)50-31-15-13-25(39(40,41)42)17-26(31)44(47)48)34-35-27(18-37(2,3)20-29(35)45)43(22-23-10-8-7-9-11-23)28-19-38(4,5)21-30(46)36(28)34/h7-17,34H,6,18-22H2,1-5H3. The molecule has 0 spiro atoms. The van der Waals surface area contributed by atoms with Crippen LogP contribution in [0, 0.1) is 20.9 Å². The van der Waals surface area contributed by atoms with Gasteiger partial charge in [0.2, 0.25) is 5.75 Å². The number of hydrogen-bond donors (Lipinski definition) is 0. The van der Waals surface area contributed by atoms with Crippen LogP contribution in [0.4, 0.5) is 18.9 Å². The Morgan fingerprint density at radius 1 is 0.820 bits per heavy atom. The SMILES string of the molecule is CCOc1cc(C2C3=C(CC(C)(C)CC3=O)N(Cc3ccccc3)C3=C2C(=O)CC(C)(C)C3)ccc1Oc1ccc(C(F)(F)F)cc1[N+](=O)[O-]. The van der Waals surface area contributed by atoms with Crippen molar-refractivity contribution in [3.05, 3.63) is 116 Å². The minimum absolute atomic E-state index is 0.0376. The number of rotatable bonds is 8. The van der Waals surface area contributed by atoms with Crippen LogP contribution in [-0.2, 0) is 22.3 Å². The number of ether oxygens (including phenoxy) is 2. The molecule has 1 heterocycles. The van der Waals surface area contributed by atoms with Crippen LogP contribution in [0.1, 0.15) is 82.9 Å². The number of nitrogens with zero attached hydrogens (tertiary/aromatic N) is 2.